The third-order valence-electron chi connectivity index (χ3n) is 3.52. The van der Waals surface area contributed by atoms with Crippen LogP contribution in [0.4, 0.5) is 0 Å². The smallest absolute Gasteiger partial charge is 0.0694 e. The SMILES string of the molecule is COCCn1ncc(Br)c1C(N)CCC1CCCO1. The maximum absolute atomic E-state index is 6.30. The number of methoxy groups -OCH3 is 1. The fraction of sp³-hybridized carbons (Fsp3) is 0.769. The lowest BCUT2D eigenvalue weighted by Gasteiger charge is -2.17. The summed E-state index contributed by atoms with van der Waals surface area (Å²) in [4.78, 5) is 0. The topological polar surface area (TPSA) is 62.3 Å². The van der Waals surface area contributed by atoms with E-state index in [-0.39, 0.29) is 6.04 Å². The van der Waals surface area contributed by atoms with E-state index in [4.69, 9.17) is 15.2 Å². The molecule has 0 radical (unpaired) electrons. The Morgan fingerprint density at radius 1 is 1.68 bits per heavy atom. The third kappa shape index (κ3) is 4.02. The minimum Gasteiger partial charge on any atom is -0.383 e. The fourth-order valence-electron chi connectivity index (χ4n) is 2.47. The number of rotatable bonds is 7. The summed E-state index contributed by atoms with van der Waals surface area (Å²) < 4.78 is 13.6. The van der Waals surface area contributed by atoms with Crippen LogP contribution in [-0.4, -0.2) is 36.2 Å². The lowest BCUT2D eigenvalue weighted by atomic mass is 10.0. The molecule has 0 aliphatic carbocycles. The van der Waals surface area contributed by atoms with Crippen LogP contribution in [0.5, 0.6) is 0 Å². The molecule has 2 unspecified atom stereocenters. The minimum atomic E-state index is -0.0158. The monoisotopic (exact) mass is 331 g/mol. The summed E-state index contributed by atoms with van der Waals surface area (Å²) in [6.45, 7) is 2.26. The second-order valence-corrected chi connectivity index (χ2v) is 5.77. The Bertz CT molecular complexity index is 391. The Morgan fingerprint density at radius 2 is 2.53 bits per heavy atom. The lowest BCUT2D eigenvalue weighted by molar-refractivity contribution is 0.100. The zero-order valence-corrected chi connectivity index (χ0v) is 12.9. The van der Waals surface area contributed by atoms with Gasteiger partial charge in [-0.15, -0.1) is 0 Å². The molecule has 1 aliphatic rings. The number of hydrogen-bond acceptors (Lipinski definition) is 4. The Kier molecular flexibility index (Phi) is 5.81. The van der Waals surface area contributed by atoms with E-state index in [1.165, 1.54) is 6.42 Å². The molecular formula is C13H22BrN3O2. The number of aromatic nitrogens is 2. The predicted molar refractivity (Wildman–Crippen MR) is 76.9 cm³/mol. The molecule has 1 aromatic rings. The molecule has 2 atom stereocenters. The van der Waals surface area contributed by atoms with Crippen molar-refractivity contribution in [2.45, 2.75) is 44.4 Å². The first kappa shape index (κ1) is 15.0. The molecule has 1 fully saturated rings. The summed E-state index contributed by atoms with van der Waals surface area (Å²) in [5, 5.41) is 4.33. The summed E-state index contributed by atoms with van der Waals surface area (Å²) in [7, 11) is 1.69. The third-order valence-corrected chi connectivity index (χ3v) is 4.13. The highest BCUT2D eigenvalue weighted by Gasteiger charge is 2.20. The molecule has 1 aromatic heterocycles. The number of ether oxygens (including phenoxy) is 2. The van der Waals surface area contributed by atoms with Gasteiger partial charge in [0.2, 0.25) is 0 Å². The van der Waals surface area contributed by atoms with Crippen LogP contribution >= 0.6 is 15.9 Å². The lowest BCUT2D eigenvalue weighted by Crippen LogP contribution is -2.20. The number of halogens is 1. The van der Waals surface area contributed by atoms with Crippen LogP contribution in [0.3, 0.4) is 0 Å². The molecule has 2 rings (SSSR count). The summed E-state index contributed by atoms with van der Waals surface area (Å²) in [5.41, 5.74) is 7.35. The first-order valence-electron chi connectivity index (χ1n) is 6.79. The molecule has 0 aromatic carbocycles. The van der Waals surface area contributed by atoms with E-state index < -0.39 is 0 Å². The number of hydrogen-bond donors (Lipinski definition) is 1. The van der Waals surface area contributed by atoms with Gasteiger partial charge in [0.1, 0.15) is 0 Å². The molecule has 0 amide bonds. The predicted octanol–water partition coefficient (Wildman–Crippen LogP) is 2.25. The molecule has 0 bridgehead atoms. The zero-order chi connectivity index (χ0) is 13.7. The largest absolute Gasteiger partial charge is 0.383 e. The van der Waals surface area contributed by atoms with Crippen LogP contribution < -0.4 is 5.73 Å². The van der Waals surface area contributed by atoms with Crippen molar-refractivity contribution in [1.82, 2.24) is 9.78 Å². The van der Waals surface area contributed by atoms with E-state index in [0.29, 0.717) is 12.7 Å². The second-order valence-electron chi connectivity index (χ2n) is 4.91. The summed E-state index contributed by atoms with van der Waals surface area (Å²) in [6, 6.07) is -0.0158. The Morgan fingerprint density at radius 3 is 3.21 bits per heavy atom. The maximum Gasteiger partial charge on any atom is 0.0694 e. The van der Waals surface area contributed by atoms with E-state index in [0.717, 1.165) is 42.6 Å². The molecule has 1 aliphatic heterocycles. The van der Waals surface area contributed by atoms with Crippen LogP contribution in [0.2, 0.25) is 0 Å². The molecule has 2 N–H and O–H groups in total. The van der Waals surface area contributed by atoms with Gasteiger partial charge in [-0.2, -0.15) is 5.10 Å². The quantitative estimate of drug-likeness (QED) is 0.832. The average molecular weight is 332 g/mol. The van der Waals surface area contributed by atoms with Gasteiger partial charge >= 0.3 is 0 Å². The fourth-order valence-corrected chi connectivity index (χ4v) is 3.06. The number of nitrogens with zero attached hydrogens (tertiary/aromatic N) is 2. The van der Waals surface area contributed by atoms with E-state index in [2.05, 4.69) is 21.0 Å². The minimum absolute atomic E-state index is 0.0158. The van der Waals surface area contributed by atoms with Gasteiger partial charge in [0, 0.05) is 19.8 Å². The molecule has 0 spiro atoms. The van der Waals surface area contributed by atoms with Crippen LogP contribution in [0.15, 0.2) is 10.7 Å². The second kappa shape index (κ2) is 7.38. The normalized spacial score (nSPS) is 20.9. The van der Waals surface area contributed by atoms with Gasteiger partial charge in [0.25, 0.3) is 0 Å². The van der Waals surface area contributed by atoms with Gasteiger partial charge in [-0.1, -0.05) is 0 Å². The zero-order valence-electron chi connectivity index (χ0n) is 11.3. The molecule has 1 saturated heterocycles. The summed E-state index contributed by atoms with van der Waals surface area (Å²) >= 11 is 3.53. The van der Waals surface area contributed by atoms with Crippen molar-refractivity contribution in [1.29, 1.82) is 0 Å². The molecule has 0 saturated carbocycles. The van der Waals surface area contributed by atoms with E-state index in [1.807, 2.05) is 4.68 Å². The van der Waals surface area contributed by atoms with Gasteiger partial charge in [-0.25, -0.2) is 0 Å². The van der Waals surface area contributed by atoms with Gasteiger partial charge in [-0.05, 0) is 41.6 Å². The van der Waals surface area contributed by atoms with E-state index >= 15 is 0 Å². The van der Waals surface area contributed by atoms with Crippen molar-refractivity contribution in [3.8, 4) is 0 Å². The Labute approximate surface area is 122 Å². The van der Waals surface area contributed by atoms with Crippen LogP contribution in [-0.2, 0) is 16.0 Å². The van der Waals surface area contributed by atoms with Gasteiger partial charge < -0.3 is 15.2 Å². The van der Waals surface area contributed by atoms with Gasteiger partial charge in [-0.3, -0.25) is 4.68 Å². The highest BCUT2D eigenvalue weighted by atomic mass is 79.9. The summed E-state index contributed by atoms with van der Waals surface area (Å²) in [6.07, 6.45) is 6.47. The van der Waals surface area contributed by atoms with Crippen molar-refractivity contribution >= 4 is 15.9 Å². The molecule has 19 heavy (non-hydrogen) atoms. The first-order valence-corrected chi connectivity index (χ1v) is 7.59. The van der Waals surface area contributed by atoms with Crippen LogP contribution in [0.25, 0.3) is 0 Å². The Balaban J connectivity index is 1.92. The molecule has 108 valence electrons. The Hall–Kier alpha value is -0.430. The highest BCUT2D eigenvalue weighted by molar-refractivity contribution is 9.10. The van der Waals surface area contributed by atoms with Gasteiger partial charge in [0.15, 0.2) is 0 Å². The van der Waals surface area contributed by atoms with Crippen molar-refractivity contribution < 1.29 is 9.47 Å². The van der Waals surface area contributed by atoms with E-state index in [1.54, 1.807) is 13.3 Å². The number of nitrogens with two attached hydrogens (primary N) is 1. The highest BCUT2D eigenvalue weighted by Crippen LogP contribution is 2.27. The van der Waals surface area contributed by atoms with Crippen molar-refractivity contribution in [3.05, 3.63) is 16.4 Å². The van der Waals surface area contributed by atoms with Crippen LogP contribution in [0.1, 0.15) is 37.4 Å². The molecule has 6 heteroatoms. The average Bonchev–Trinajstić information content (AvgIpc) is 3.03. The standard InChI is InChI=1S/C13H22BrN3O2/c1-18-8-6-17-13(11(14)9-16-17)12(15)5-4-10-3-2-7-19-10/h9-10,12H,2-8,15H2,1H3. The van der Waals surface area contributed by atoms with Crippen molar-refractivity contribution in [2.75, 3.05) is 20.3 Å². The summed E-state index contributed by atoms with van der Waals surface area (Å²) in [5.74, 6) is 0. The maximum atomic E-state index is 6.30. The first-order chi connectivity index (χ1) is 9.22. The van der Waals surface area contributed by atoms with Crippen molar-refractivity contribution in [2.24, 2.45) is 5.73 Å². The molecular weight excluding hydrogens is 310 g/mol. The molecule has 2 heterocycles. The van der Waals surface area contributed by atoms with Crippen LogP contribution in [0, 0.1) is 0 Å². The van der Waals surface area contributed by atoms with Crippen molar-refractivity contribution in [3.63, 3.8) is 0 Å². The van der Waals surface area contributed by atoms with E-state index in [9.17, 15) is 0 Å². The molecule has 5 nitrogen and oxygen atoms in total. The van der Waals surface area contributed by atoms with Gasteiger partial charge in [0.05, 0.1) is 35.6 Å².